The van der Waals surface area contributed by atoms with E-state index in [2.05, 4.69) is 15.2 Å². The predicted molar refractivity (Wildman–Crippen MR) is 94.6 cm³/mol. The smallest absolute Gasteiger partial charge is 0.257 e. The average molecular weight is 354 g/mol. The van der Waals surface area contributed by atoms with Crippen molar-refractivity contribution >= 4 is 23.8 Å². The number of rotatable bonds is 4. The van der Waals surface area contributed by atoms with E-state index in [-0.39, 0.29) is 12.7 Å². The maximum atomic E-state index is 12.4. The quantitative estimate of drug-likeness (QED) is 0.835. The van der Waals surface area contributed by atoms with Gasteiger partial charge in [0.05, 0.1) is 5.56 Å². The second-order valence-electron chi connectivity index (χ2n) is 6.06. The number of pyridine rings is 1. The third-order valence-electron chi connectivity index (χ3n) is 4.43. The molecule has 4 rings (SSSR count). The minimum atomic E-state index is -0.242. The molecule has 8 heteroatoms. The van der Waals surface area contributed by atoms with E-state index in [9.17, 15) is 9.59 Å². The van der Waals surface area contributed by atoms with Crippen LogP contribution in [-0.2, 0) is 4.79 Å². The number of nitrogens with zero attached hydrogens (tertiary/aromatic N) is 3. The summed E-state index contributed by atoms with van der Waals surface area (Å²) in [7, 11) is 0. The van der Waals surface area contributed by atoms with Crippen LogP contribution in [0.15, 0.2) is 36.5 Å². The Kier molecular flexibility index (Phi) is 4.30. The topological polar surface area (TPSA) is 84.0 Å². The Labute approximate surface area is 150 Å². The molecule has 0 aliphatic carbocycles. The number of carbonyl (C=O) groups is 2. The van der Waals surface area contributed by atoms with Crippen LogP contribution < -0.4 is 19.7 Å². The van der Waals surface area contributed by atoms with Crippen LogP contribution in [0.5, 0.6) is 11.5 Å². The summed E-state index contributed by atoms with van der Waals surface area (Å²) >= 11 is 0. The molecule has 8 nitrogen and oxygen atoms in total. The fourth-order valence-corrected chi connectivity index (χ4v) is 2.94. The van der Waals surface area contributed by atoms with Crippen LogP contribution in [0, 0.1) is 0 Å². The van der Waals surface area contributed by atoms with Crippen molar-refractivity contribution in [3.63, 3.8) is 0 Å². The van der Waals surface area contributed by atoms with Gasteiger partial charge in [0.15, 0.2) is 11.5 Å². The molecule has 1 saturated heterocycles. The number of aromatic nitrogens is 1. The number of carbonyl (C=O) groups excluding carboxylic acids is 2. The number of hydrogen-bond acceptors (Lipinski definition) is 6. The summed E-state index contributed by atoms with van der Waals surface area (Å²) in [4.78, 5) is 31.4. The molecule has 1 fully saturated rings. The van der Waals surface area contributed by atoms with Crippen LogP contribution in [0.1, 0.15) is 10.4 Å². The summed E-state index contributed by atoms with van der Waals surface area (Å²) in [6, 6.07) is 8.83. The maximum absolute atomic E-state index is 12.4. The van der Waals surface area contributed by atoms with Gasteiger partial charge in [-0.3, -0.25) is 9.59 Å². The standard InChI is InChI=1S/C18H18N4O4/c23-11-21-5-7-22(8-6-21)17-4-1-13(10-19-17)18(24)20-14-2-3-15-16(9-14)26-12-25-15/h1-4,9-11H,5-8,12H2,(H,20,24). The lowest BCUT2D eigenvalue weighted by Gasteiger charge is -2.33. The van der Waals surface area contributed by atoms with Gasteiger partial charge in [-0.1, -0.05) is 0 Å². The fraction of sp³-hybridized carbons (Fsp3) is 0.278. The van der Waals surface area contributed by atoms with Gasteiger partial charge in [0.2, 0.25) is 13.2 Å². The number of hydrogen-bond donors (Lipinski definition) is 1. The lowest BCUT2D eigenvalue weighted by molar-refractivity contribution is -0.118. The van der Waals surface area contributed by atoms with Gasteiger partial charge in [-0.15, -0.1) is 0 Å². The highest BCUT2D eigenvalue weighted by molar-refractivity contribution is 6.04. The van der Waals surface area contributed by atoms with Gasteiger partial charge >= 0.3 is 0 Å². The van der Waals surface area contributed by atoms with E-state index in [1.165, 1.54) is 0 Å². The molecule has 3 heterocycles. The third kappa shape index (κ3) is 3.26. The number of benzene rings is 1. The van der Waals surface area contributed by atoms with E-state index in [0.29, 0.717) is 35.8 Å². The molecule has 134 valence electrons. The van der Waals surface area contributed by atoms with E-state index >= 15 is 0 Å². The Hall–Kier alpha value is -3.29. The largest absolute Gasteiger partial charge is 0.454 e. The Morgan fingerprint density at radius 1 is 1.08 bits per heavy atom. The lowest BCUT2D eigenvalue weighted by Crippen LogP contribution is -2.46. The second kappa shape index (κ2) is 6.91. The second-order valence-corrected chi connectivity index (χ2v) is 6.06. The van der Waals surface area contributed by atoms with Crippen molar-refractivity contribution < 1.29 is 19.1 Å². The Morgan fingerprint density at radius 3 is 2.62 bits per heavy atom. The molecule has 1 N–H and O–H groups in total. The summed E-state index contributed by atoms with van der Waals surface area (Å²) in [6.07, 6.45) is 2.43. The van der Waals surface area contributed by atoms with Crippen molar-refractivity contribution in [2.24, 2.45) is 0 Å². The zero-order valence-electron chi connectivity index (χ0n) is 14.1. The van der Waals surface area contributed by atoms with Gasteiger partial charge < -0.3 is 24.6 Å². The number of amides is 2. The lowest BCUT2D eigenvalue weighted by atomic mass is 10.2. The Bertz CT molecular complexity index is 816. The van der Waals surface area contributed by atoms with Gasteiger partial charge in [-0.2, -0.15) is 0 Å². The highest BCUT2D eigenvalue weighted by Gasteiger charge is 2.18. The fourth-order valence-electron chi connectivity index (χ4n) is 2.94. The summed E-state index contributed by atoms with van der Waals surface area (Å²) in [5, 5.41) is 2.83. The van der Waals surface area contributed by atoms with Crippen LogP contribution >= 0.6 is 0 Å². The van der Waals surface area contributed by atoms with Crippen molar-refractivity contribution in [2.75, 3.05) is 43.2 Å². The first kappa shape index (κ1) is 16.2. The Morgan fingerprint density at radius 2 is 1.88 bits per heavy atom. The first-order valence-corrected chi connectivity index (χ1v) is 8.34. The van der Waals surface area contributed by atoms with Crippen molar-refractivity contribution in [1.29, 1.82) is 0 Å². The number of ether oxygens (including phenoxy) is 2. The van der Waals surface area contributed by atoms with Gasteiger partial charge in [0.25, 0.3) is 5.91 Å². The van der Waals surface area contributed by atoms with E-state index in [4.69, 9.17) is 9.47 Å². The zero-order valence-corrected chi connectivity index (χ0v) is 14.1. The minimum absolute atomic E-state index is 0.194. The van der Waals surface area contributed by atoms with Crippen molar-refractivity contribution in [1.82, 2.24) is 9.88 Å². The summed E-state index contributed by atoms with van der Waals surface area (Å²) in [5.41, 5.74) is 1.10. The molecule has 0 atom stereocenters. The summed E-state index contributed by atoms with van der Waals surface area (Å²) in [6.45, 7) is 3.01. The molecular weight excluding hydrogens is 336 g/mol. The van der Waals surface area contributed by atoms with Crippen LogP contribution in [0.25, 0.3) is 0 Å². The highest BCUT2D eigenvalue weighted by atomic mass is 16.7. The summed E-state index contributed by atoms with van der Waals surface area (Å²) in [5.74, 6) is 1.85. The first-order chi connectivity index (χ1) is 12.7. The van der Waals surface area contributed by atoms with Gasteiger partial charge in [-0.05, 0) is 24.3 Å². The number of anilines is 2. The van der Waals surface area contributed by atoms with Crippen LogP contribution in [-0.4, -0.2) is 55.2 Å². The van der Waals surface area contributed by atoms with E-state index in [1.54, 1.807) is 35.4 Å². The molecule has 2 amide bonds. The third-order valence-corrected chi connectivity index (χ3v) is 4.43. The number of piperazine rings is 1. The normalized spacial score (nSPS) is 15.7. The van der Waals surface area contributed by atoms with E-state index in [0.717, 1.165) is 25.3 Å². The van der Waals surface area contributed by atoms with Gasteiger partial charge in [0.1, 0.15) is 5.82 Å². The molecule has 2 aromatic rings. The van der Waals surface area contributed by atoms with E-state index < -0.39 is 0 Å². The molecule has 2 aliphatic heterocycles. The first-order valence-electron chi connectivity index (χ1n) is 8.34. The number of fused-ring (bicyclic) bond motifs is 1. The van der Waals surface area contributed by atoms with Crippen molar-refractivity contribution in [3.05, 3.63) is 42.1 Å². The molecule has 0 bridgehead atoms. The van der Waals surface area contributed by atoms with Crippen molar-refractivity contribution in [3.8, 4) is 11.5 Å². The zero-order chi connectivity index (χ0) is 17.9. The Balaban J connectivity index is 1.40. The van der Waals surface area contributed by atoms with Gasteiger partial charge in [0, 0.05) is 44.1 Å². The van der Waals surface area contributed by atoms with Crippen LogP contribution in [0.4, 0.5) is 11.5 Å². The van der Waals surface area contributed by atoms with Crippen LogP contribution in [0.3, 0.4) is 0 Å². The predicted octanol–water partition coefficient (Wildman–Crippen LogP) is 1.34. The molecule has 2 aliphatic rings. The SMILES string of the molecule is O=CN1CCN(c2ccc(C(=O)Nc3ccc4c(c3)OCO4)cn2)CC1. The molecule has 1 aromatic carbocycles. The minimum Gasteiger partial charge on any atom is -0.454 e. The van der Waals surface area contributed by atoms with Crippen molar-refractivity contribution in [2.45, 2.75) is 0 Å². The highest BCUT2D eigenvalue weighted by Crippen LogP contribution is 2.34. The molecule has 0 saturated carbocycles. The monoisotopic (exact) mass is 354 g/mol. The molecule has 1 aromatic heterocycles. The molecule has 0 spiro atoms. The van der Waals surface area contributed by atoms with E-state index in [1.807, 2.05) is 6.07 Å². The van der Waals surface area contributed by atoms with Crippen LogP contribution in [0.2, 0.25) is 0 Å². The molecular formula is C18H18N4O4. The average Bonchev–Trinajstić information content (AvgIpc) is 3.16. The molecule has 26 heavy (non-hydrogen) atoms. The van der Waals surface area contributed by atoms with Gasteiger partial charge in [-0.25, -0.2) is 4.98 Å². The number of nitrogens with one attached hydrogen (secondary N) is 1. The summed E-state index contributed by atoms with van der Waals surface area (Å²) < 4.78 is 10.6. The molecule has 0 radical (unpaired) electrons. The maximum Gasteiger partial charge on any atom is 0.257 e. The molecule has 0 unspecified atom stereocenters.